The Morgan fingerprint density at radius 2 is 1.76 bits per heavy atom. The predicted octanol–water partition coefficient (Wildman–Crippen LogP) is 5.41. The van der Waals surface area contributed by atoms with E-state index in [1.54, 1.807) is 0 Å². The Morgan fingerprint density at radius 1 is 1.00 bits per heavy atom. The molecule has 4 aromatic rings. The lowest BCUT2D eigenvalue weighted by molar-refractivity contribution is -0.134. The second-order valence-corrected chi connectivity index (χ2v) is 10.6. The van der Waals surface area contributed by atoms with E-state index in [9.17, 15) is 4.79 Å². The highest BCUT2D eigenvalue weighted by Crippen LogP contribution is 2.38. The summed E-state index contributed by atoms with van der Waals surface area (Å²) in [6.45, 7) is 3.99. The van der Waals surface area contributed by atoms with E-state index in [1.807, 2.05) is 42.7 Å². The number of rotatable bonds is 5. The lowest BCUT2D eigenvalue weighted by Crippen LogP contribution is -2.52. The highest BCUT2D eigenvalue weighted by Gasteiger charge is 2.38. The van der Waals surface area contributed by atoms with Crippen molar-refractivity contribution in [3.05, 3.63) is 83.6 Å². The number of carbonyl (C=O) groups is 1. The maximum absolute atomic E-state index is 14.1. The first-order valence-electron chi connectivity index (χ1n) is 13.1. The Bertz CT molecular complexity index is 1380. The number of aromatic nitrogens is 2. The second-order valence-electron chi connectivity index (χ2n) is 10.2. The first-order chi connectivity index (χ1) is 18.1. The summed E-state index contributed by atoms with van der Waals surface area (Å²) in [5, 5.41) is 1.82. The molecule has 1 unspecified atom stereocenters. The smallest absolute Gasteiger partial charge is 0.231 e. The summed E-state index contributed by atoms with van der Waals surface area (Å²) in [6, 6.07) is 20.6. The molecule has 2 atom stereocenters. The zero-order valence-corrected chi connectivity index (χ0v) is 21.9. The fraction of sp³-hybridized carbons (Fsp3) is 0.333. The molecule has 2 aliphatic heterocycles. The van der Waals surface area contributed by atoms with Crippen molar-refractivity contribution < 1.29 is 4.79 Å². The number of H-pyrrole nitrogens is 1. The SMILES string of the molecule is CN1CCCC1[C@@H](C(=O)N1CCN(c2c(-c3ccccc3)cnc3[nH]ccc23)CC1)c1ccc(Cl)cc1. The van der Waals surface area contributed by atoms with Gasteiger partial charge in [0.1, 0.15) is 5.65 Å². The fourth-order valence-electron chi connectivity index (χ4n) is 6.07. The van der Waals surface area contributed by atoms with Gasteiger partial charge in [-0.15, -0.1) is 0 Å². The molecule has 0 radical (unpaired) electrons. The van der Waals surface area contributed by atoms with Crippen LogP contribution in [-0.4, -0.2) is 71.5 Å². The summed E-state index contributed by atoms with van der Waals surface area (Å²) in [6.07, 6.45) is 6.08. The number of hydrogen-bond donors (Lipinski definition) is 1. The summed E-state index contributed by atoms with van der Waals surface area (Å²) in [5.74, 6) is 0.0547. The van der Waals surface area contributed by atoms with Crippen molar-refractivity contribution in [2.24, 2.45) is 0 Å². The Kier molecular flexibility index (Phi) is 6.61. The van der Waals surface area contributed by atoms with Gasteiger partial charge in [-0.3, -0.25) is 4.79 Å². The molecule has 4 heterocycles. The number of aromatic amines is 1. The Morgan fingerprint density at radius 3 is 2.46 bits per heavy atom. The molecule has 0 saturated carbocycles. The third-order valence-corrected chi connectivity index (χ3v) is 8.26. The molecule has 1 amide bonds. The molecule has 0 bridgehead atoms. The van der Waals surface area contributed by atoms with E-state index in [4.69, 9.17) is 11.6 Å². The first-order valence-corrected chi connectivity index (χ1v) is 13.5. The monoisotopic (exact) mass is 513 g/mol. The summed E-state index contributed by atoms with van der Waals surface area (Å²) in [4.78, 5) is 28.8. The molecule has 190 valence electrons. The van der Waals surface area contributed by atoms with Crippen molar-refractivity contribution in [3.8, 4) is 11.1 Å². The standard InChI is InChI=1S/C30H32ClN5O/c1-34-15-5-8-26(34)27(22-9-11-23(31)12-10-22)30(37)36-18-16-35(17-19-36)28-24-13-14-32-29(24)33-20-25(28)21-6-3-2-4-7-21/h2-4,6-7,9-14,20,26-27H,5,8,15-19H2,1H3,(H,32,33)/t26?,27-/m0/s1. The third-order valence-electron chi connectivity index (χ3n) is 8.01. The average molecular weight is 514 g/mol. The van der Waals surface area contributed by atoms with Gasteiger partial charge in [0.15, 0.2) is 0 Å². The van der Waals surface area contributed by atoms with Crippen molar-refractivity contribution in [1.29, 1.82) is 0 Å². The van der Waals surface area contributed by atoms with Crippen molar-refractivity contribution in [1.82, 2.24) is 19.8 Å². The quantitative estimate of drug-likeness (QED) is 0.387. The van der Waals surface area contributed by atoms with Gasteiger partial charge in [0.25, 0.3) is 0 Å². The lowest BCUT2D eigenvalue weighted by Gasteiger charge is -2.40. The molecule has 6 rings (SSSR count). The maximum atomic E-state index is 14.1. The minimum atomic E-state index is -0.173. The zero-order chi connectivity index (χ0) is 25.4. The Balaban J connectivity index is 1.27. The van der Waals surface area contributed by atoms with Crippen molar-refractivity contribution in [2.45, 2.75) is 24.8 Å². The minimum Gasteiger partial charge on any atom is -0.367 e. The van der Waals surface area contributed by atoms with Gasteiger partial charge in [-0.1, -0.05) is 54.1 Å². The third kappa shape index (κ3) is 4.60. The van der Waals surface area contributed by atoms with E-state index in [-0.39, 0.29) is 17.9 Å². The van der Waals surface area contributed by atoms with Crippen LogP contribution in [0.15, 0.2) is 73.1 Å². The largest absolute Gasteiger partial charge is 0.367 e. The number of benzene rings is 2. The molecule has 7 heteroatoms. The summed E-state index contributed by atoms with van der Waals surface area (Å²) < 4.78 is 0. The van der Waals surface area contributed by atoms with Gasteiger partial charge in [0, 0.05) is 60.6 Å². The molecule has 2 aromatic carbocycles. The van der Waals surface area contributed by atoms with Crippen LogP contribution in [0.1, 0.15) is 24.3 Å². The number of carbonyl (C=O) groups excluding carboxylic acids is 1. The molecule has 1 N–H and O–H groups in total. The molecule has 0 spiro atoms. The van der Waals surface area contributed by atoms with Crippen LogP contribution in [-0.2, 0) is 4.79 Å². The van der Waals surface area contributed by atoms with Gasteiger partial charge in [-0.2, -0.15) is 0 Å². The Labute approximate surface area is 222 Å². The number of likely N-dealkylation sites (N-methyl/N-ethyl adjacent to an activating group) is 1. The number of pyridine rings is 1. The summed E-state index contributed by atoms with van der Waals surface area (Å²) in [5.41, 5.74) is 5.41. The van der Waals surface area contributed by atoms with Gasteiger partial charge in [-0.25, -0.2) is 4.98 Å². The van der Waals surface area contributed by atoms with E-state index < -0.39 is 0 Å². The van der Waals surface area contributed by atoms with Gasteiger partial charge in [0.2, 0.25) is 5.91 Å². The maximum Gasteiger partial charge on any atom is 0.231 e. The number of anilines is 1. The first kappa shape index (κ1) is 24.0. The van der Waals surface area contributed by atoms with Crippen LogP contribution < -0.4 is 4.90 Å². The minimum absolute atomic E-state index is 0.173. The van der Waals surface area contributed by atoms with Crippen LogP contribution in [0, 0.1) is 0 Å². The fourth-order valence-corrected chi connectivity index (χ4v) is 6.19. The van der Waals surface area contributed by atoms with Gasteiger partial charge >= 0.3 is 0 Å². The number of likely N-dealkylation sites (tertiary alicyclic amines) is 1. The molecule has 2 aromatic heterocycles. The van der Waals surface area contributed by atoms with E-state index >= 15 is 0 Å². The number of fused-ring (bicyclic) bond motifs is 1. The van der Waals surface area contributed by atoms with Crippen LogP contribution in [0.25, 0.3) is 22.2 Å². The Hall–Kier alpha value is -3.35. The number of nitrogens with one attached hydrogen (secondary N) is 1. The van der Waals surface area contributed by atoms with Crippen molar-refractivity contribution in [3.63, 3.8) is 0 Å². The normalized spacial score (nSPS) is 19.5. The second kappa shape index (κ2) is 10.2. The van der Waals surface area contributed by atoms with E-state index in [0.29, 0.717) is 18.1 Å². The number of amides is 1. The van der Waals surface area contributed by atoms with Crippen LogP contribution in [0.4, 0.5) is 5.69 Å². The molecule has 2 fully saturated rings. The molecule has 0 aliphatic carbocycles. The summed E-state index contributed by atoms with van der Waals surface area (Å²) in [7, 11) is 2.14. The van der Waals surface area contributed by atoms with Crippen LogP contribution >= 0.6 is 11.6 Å². The van der Waals surface area contributed by atoms with Gasteiger partial charge in [0.05, 0.1) is 11.6 Å². The topological polar surface area (TPSA) is 55.5 Å². The van der Waals surface area contributed by atoms with Crippen LogP contribution in [0.2, 0.25) is 5.02 Å². The molecular formula is C30H32ClN5O. The van der Waals surface area contributed by atoms with E-state index in [1.165, 1.54) is 5.69 Å². The highest BCUT2D eigenvalue weighted by molar-refractivity contribution is 6.30. The number of hydrogen-bond acceptors (Lipinski definition) is 4. The predicted molar refractivity (Wildman–Crippen MR) is 150 cm³/mol. The van der Waals surface area contributed by atoms with E-state index in [0.717, 1.165) is 60.2 Å². The van der Waals surface area contributed by atoms with Crippen molar-refractivity contribution in [2.75, 3.05) is 44.7 Å². The van der Waals surface area contributed by atoms with E-state index in [2.05, 4.69) is 62.0 Å². The molecule has 37 heavy (non-hydrogen) atoms. The van der Waals surface area contributed by atoms with Gasteiger partial charge < -0.3 is 19.7 Å². The molecule has 2 aliphatic rings. The van der Waals surface area contributed by atoms with Crippen LogP contribution in [0.5, 0.6) is 0 Å². The zero-order valence-electron chi connectivity index (χ0n) is 21.1. The average Bonchev–Trinajstić information content (AvgIpc) is 3.59. The number of piperazine rings is 1. The molecule has 6 nitrogen and oxygen atoms in total. The van der Waals surface area contributed by atoms with Crippen molar-refractivity contribution >= 4 is 34.2 Å². The van der Waals surface area contributed by atoms with Crippen LogP contribution in [0.3, 0.4) is 0 Å². The summed E-state index contributed by atoms with van der Waals surface area (Å²) >= 11 is 6.18. The number of halogens is 1. The molecule has 2 saturated heterocycles. The van der Waals surface area contributed by atoms with Gasteiger partial charge in [-0.05, 0) is 55.8 Å². The lowest BCUT2D eigenvalue weighted by atomic mass is 9.88. The number of nitrogens with zero attached hydrogens (tertiary/aromatic N) is 4. The highest BCUT2D eigenvalue weighted by atomic mass is 35.5. The molecular weight excluding hydrogens is 482 g/mol.